The molecule has 24 heavy (non-hydrogen) atoms. The Kier molecular flexibility index (Phi) is 5.24. The Morgan fingerprint density at radius 2 is 1.88 bits per heavy atom. The fourth-order valence-corrected chi connectivity index (χ4v) is 2.62. The van der Waals surface area contributed by atoms with Gasteiger partial charge in [0.1, 0.15) is 24.4 Å². The number of nitrogens with zero attached hydrogens (tertiary/aromatic N) is 2. The normalized spacial score (nSPS) is 30.4. The van der Waals surface area contributed by atoms with E-state index in [4.69, 9.17) is 14.6 Å². The molecule has 4 N–H and O–H groups in total. The Hall–Kier alpha value is -1.81. The quantitative estimate of drug-likeness (QED) is 0.564. The highest BCUT2D eigenvalue weighted by molar-refractivity contribution is 5.33. The first-order valence-corrected chi connectivity index (χ1v) is 7.61. The summed E-state index contributed by atoms with van der Waals surface area (Å²) in [4.78, 5) is 0. The average Bonchev–Trinajstić information content (AvgIpc) is 3.13. The molecule has 0 amide bonds. The van der Waals surface area contributed by atoms with Crippen molar-refractivity contribution in [2.75, 3.05) is 6.61 Å². The predicted molar refractivity (Wildman–Crippen MR) is 82.1 cm³/mol. The zero-order valence-electron chi connectivity index (χ0n) is 12.8. The molecule has 2 aromatic rings. The topological polar surface area (TPSA) is 117 Å². The summed E-state index contributed by atoms with van der Waals surface area (Å²) in [7, 11) is 0. The molecule has 130 valence electrons. The van der Waals surface area contributed by atoms with Crippen LogP contribution in [0, 0.1) is 0 Å². The maximum Gasteiger partial charge on any atom is 0.184 e. The van der Waals surface area contributed by atoms with Gasteiger partial charge in [-0.2, -0.15) is 5.10 Å². The lowest BCUT2D eigenvalue weighted by Gasteiger charge is -2.39. The molecule has 1 aromatic heterocycles. The van der Waals surface area contributed by atoms with Gasteiger partial charge >= 0.3 is 0 Å². The first-order chi connectivity index (χ1) is 11.6. The molecule has 0 radical (unpaired) electrons. The molecule has 0 spiro atoms. The van der Waals surface area contributed by atoms with Crippen molar-refractivity contribution >= 4 is 0 Å². The number of aliphatic hydroxyl groups is 4. The lowest BCUT2D eigenvalue weighted by atomic mass is 9.99. The summed E-state index contributed by atoms with van der Waals surface area (Å²) in [5.41, 5.74) is 1.72. The second-order valence-corrected chi connectivity index (χ2v) is 5.62. The minimum Gasteiger partial charge on any atom is -0.394 e. The summed E-state index contributed by atoms with van der Waals surface area (Å²) >= 11 is 0. The molecule has 5 atom stereocenters. The Balaban J connectivity index is 1.63. The number of hydrogen-bond acceptors (Lipinski definition) is 7. The Bertz CT molecular complexity index is 633. The number of aliphatic hydroxyl groups excluding tert-OH is 4. The number of rotatable bonds is 5. The van der Waals surface area contributed by atoms with Gasteiger partial charge in [-0.25, -0.2) is 4.68 Å². The van der Waals surface area contributed by atoms with E-state index in [0.29, 0.717) is 0 Å². The van der Waals surface area contributed by atoms with Crippen LogP contribution >= 0.6 is 0 Å². The van der Waals surface area contributed by atoms with Gasteiger partial charge in [0, 0.05) is 12.4 Å². The average molecular weight is 336 g/mol. The second kappa shape index (κ2) is 7.39. The van der Waals surface area contributed by atoms with Crippen LogP contribution in [-0.2, 0) is 16.1 Å². The van der Waals surface area contributed by atoms with Crippen molar-refractivity contribution in [2.45, 2.75) is 37.3 Å². The van der Waals surface area contributed by atoms with Crippen LogP contribution in [0.25, 0.3) is 5.69 Å². The van der Waals surface area contributed by atoms with Gasteiger partial charge in [0.05, 0.1) is 18.9 Å². The molecule has 0 bridgehead atoms. The minimum absolute atomic E-state index is 0.128. The van der Waals surface area contributed by atoms with E-state index >= 15 is 0 Å². The van der Waals surface area contributed by atoms with Gasteiger partial charge in [0.25, 0.3) is 0 Å². The third-order valence-corrected chi connectivity index (χ3v) is 3.99. The number of hydrogen-bond donors (Lipinski definition) is 4. The van der Waals surface area contributed by atoms with Gasteiger partial charge in [-0.05, 0) is 23.8 Å². The smallest absolute Gasteiger partial charge is 0.184 e. The molecule has 1 aliphatic heterocycles. The SMILES string of the molecule is OC[C@H]1O[C@H](O)[C@H](O)[C@@H](OCc2ccc(-n3cccn3)cc2)[C@@H]1O. The molecule has 1 saturated heterocycles. The van der Waals surface area contributed by atoms with E-state index < -0.39 is 37.3 Å². The van der Waals surface area contributed by atoms with Crippen LogP contribution in [0.2, 0.25) is 0 Å². The van der Waals surface area contributed by atoms with Gasteiger partial charge in [-0.3, -0.25) is 0 Å². The van der Waals surface area contributed by atoms with E-state index in [0.717, 1.165) is 11.3 Å². The molecule has 0 unspecified atom stereocenters. The lowest BCUT2D eigenvalue weighted by molar-refractivity contribution is -0.296. The Morgan fingerprint density at radius 1 is 1.12 bits per heavy atom. The van der Waals surface area contributed by atoms with Crippen LogP contribution in [0.5, 0.6) is 0 Å². The number of benzene rings is 1. The van der Waals surface area contributed by atoms with Crippen molar-refractivity contribution in [3.05, 3.63) is 48.3 Å². The third-order valence-electron chi connectivity index (χ3n) is 3.99. The minimum atomic E-state index is -1.52. The third kappa shape index (κ3) is 3.48. The van der Waals surface area contributed by atoms with E-state index in [2.05, 4.69) is 5.10 Å². The summed E-state index contributed by atoms with van der Waals surface area (Å²) in [6.07, 6.45) is -2.70. The van der Waals surface area contributed by atoms with Crippen LogP contribution in [0.3, 0.4) is 0 Å². The number of ether oxygens (including phenoxy) is 2. The van der Waals surface area contributed by atoms with Crippen LogP contribution in [-0.4, -0.2) is 67.5 Å². The van der Waals surface area contributed by atoms with Crippen molar-refractivity contribution in [1.29, 1.82) is 0 Å². The van der Waals surface area contributed by atoms with Gasteiger partial charge in [0.2, 0.25) is 0 Å². The summed E-state index contributed by atoms with van der Waals surface area (Å²) in [6, 6.07) is 9.25. The van der Waals surface area contributed by atoms with Crippen molar-refractivity contribution in [3.63, 3.8) is 0 Å². The predicted octanol–water partition coefficient (Wildman–Crippen LogP) is -0.811. The summed E-state index contributed by atoms with van der Waals surface area (Å²) in [6.45, 7) is -0.355. The van der Waals surface area contributed by atoms with E-state index in [9.17, 15) is 15.3 Å². The first-order valence-electron chi connectivity index (χ1n) is 7.61. The summed E-state index contributed by atoms with van der Waals surface area (Å²) in [5, 5.41) is 42.9. The fraction of sp³-hybridized carbons (Fsp3) is 0.438. The fourth-order valence-electron chi connectivity index (χ4n) is 2.62. The van der Waals surface area contributed by atoms with Crippen molar-refractivity contribution in [2.24, 2.45) is 0 Å². The maximum atomic E-state index is 10.1. The molecule has 8 heteroatoms. The molecular formula is C16H20N2O6. The maximum absolute atomic E-state index is 10.1. The van der Waals surface area contributed by atoms with Gasteiger partial charge < -0.3 is 29.9 Å². The molecule has 0 aliphatic carbocycles. The highest BCUT2D eigenvalue weighted by atomic mass is 16.6. The van der Waals surface area contributed by atoms with Crippen molar-refractivity contribution in [1.82, 2.24) is 9.78 Å². The van der Waals surface area contributed by atoms with Crippen molar-refractivity contribution < 1.29 is 29.9 Å². The summed E-state index contributed by atoms with van der Waals surface area (Å²) < 4.78 is 12.2. The zero-order chi connectivity index (χ0) is 17.1. The summed E-state index contributed by atoms with van der Waals surface area (Å²) in [5.74, 6) is 0. The van der Waals surface area contributed by atoms with E-state index in [1.54, 1.807) is 10.9 Å². The largest absolute Gasteiger partial charge is 0.394 e. The van der Waals surface area contributed by atoms with Crippen LogP contribution in [0.4, 0.5) is 0 Å². The molecular weight excluding hydrogens is 316 g/mol. The molecule has 3 rings (SSSR count). The Morgan fingerprint density at radius 3 is 2.50 bits per heavy atom. The first kappa shape index (κ1) is 17.0. The monoisotopic (exact) mass is 336 g/mol. The zero-order valence-corrected chi connectivity index (χ0v) is 12.8. The van der Waals surface area contributed by atoms with Crippen LogP contribution < -0.4 is 0 Å². The molecule has 1 aromatic carbocycles. The lowest BCUT2D eigenvalue weighted by Crippen LogP contribution is -2.59. The van der Waals surface area contributed by atoms with Crippen LogP contribution in [0.15, 0.2) is 42.7 Å². The van der Waals surface area contributed by atoms with Gasteiger partial charge in [0.15, 0.2) is 6.29 Å². The second-order valence-electron chi connectivity index (χ2n) is 5.62. The van der Waals surface area contributed by atoms with Crippen LogP contribution in [0.1, 0.15) is 5.56 Å². The van der Waals surface area contributed by atoms with Gasteiger partial charge in [-0.15, -0.1) is 0 Å². The molecule has 8 nitrogen and oxygen atoms in total. The molecule has 1 fully saturated rings. The molecule has 2 heterocycles. The number of aromatic nitrogens is 2. The van der Waals surface area contributed by atoms with E-state index in [1.807, 2.05) is 36.5 Å². The standard InChI is InChI=1S/C16H20N2O6/c19-8-12-13(20)15(14(21)16(22)24-12)23-9-10-2-4-11(5-3-10)18-7-1-6-17-18/h1-7,12-16,19-22H,8-9H2/t12-,13-,14-,15+,16+/m1/s1. The van der Waals surface area contributed by atoms with E-state index in [-0.39, 0.29) is 6.61 Å². The Labute approximate surface area is 138 Å². The van der Waals surface area contributed by atoms with Gasteiger partial charge in [-0.1, -0.05) is 12.1 Å². The molecule has 0 saturated carbocycles. The van der Waals surface area contributed by atoms with E-state index in [1.165, 1.54) is 0 Å². The van der Waals surface area contributed by atoms with Crippen molar-refractivity contribution in [3.8, 4) is 5.69 Å². The highest BCUT2D eigenvalue weighted by Gasteiger charge is 2.44. The highest BCUT2D eigenvalue weighted by Crippen LogP contribution is 2.23. The molecule has 1 aliphatic rings.